The fraction of sp³-hybridized carbons (Fsp3) is 0.900. The van der Waals surface area contributed by atoms with Crippen LogP contribution in [-0.4, -0.2) is 47.9 Å². The molecule has 94 valence electrons. The SMILES string of the molecule is CC(C)(C)OC(=O)N1CC(N=[N+]=[N-])C2OC2C1. The van der Waals surface area contributed by atoms with Crippen molar-refractivity contribution in [3.05, 3.63) is 10.4 Å². The van der Waals surface area contributed by atoms with Crippen molar-refractivity contribution in [2.24, 2.45) is 5.11 Å². The number of ether oxygens (including phenoxy) is 2. The quantitative estimate of drug-likeness (QED) is 0.302. The van der Waals surface area contributed by atoms with Crippen LogP contribution >= 0.6 is 0 Å². The molecule has 17 heavy (non-hydrogen) atoms. The Morgan fingerprint density at radius 1 is 1.53 bits per heavy atom. The van der Waals surface area contributed by atoms with Gasteiger partial charge in [-0.05, 0) is 26.3 Å². The Bertz CT molecular complexity index is 372. The molecule has 3 unspecified atom stereocenters. The molecule has 1 amide bonds. The minimum absolute atomic E-state index is 0.00762. The molecule has 0 aliphatic carbocycles. The first-order chi connectivity index (χ1) is 7.90. The maximum Gasteiger partial charge on any atom is 0.410 e. The molecular weight excluding hydrogens is 224 g/mol. The van der Waals surface area contributed by atoms with Crippen LogP contribution in [0.4, 0.5) is 4.79 Å². The Morgan fingerprint density at radius 2 is 2.24 bits per heavy atom. The van der Waals surface area contributed by atoms with Crippen LogP contribution in [0.5, 0.6) is 0 Å². The summed E-state index contributed by atoms with van der Waals surface area (Å²) in [6.45, 7) is 6.32. The van der Waals surface area contributed by atoms with Gasteiger partial charge in [-0.15, -0.1) is 0 Å². The minimum atomic E-state index is -0.521. The first-order valence-electron chi connectivity index (χ1n) is 5.58. The first-order valence-corrected chi connectivity index (χ1v) is 5.58. The molecule has 0 radical (unpaired) electrons. The number of piperidine rings is 1. The van der Waals surface area contributed by atoms with Crippen molar-refractivity contribution in [3.8, 4) is 0 Å². The van der Waals surface area contributed by atoms with Gasteiger partial charge in [-0.2, -0.15) is 0 Å². The van der Waals surface area contributed by atoms with Crippen molar-refractivity contribution < 1.29 is 14.3 Å². The molecule has 0 aromatic carbocycles. The monoisotopic (exact) mass is 240 g/mol. The number of amides is 1. The van der Waals surface area contributed by atoms with Crippen LogP contribution in [0.3, 0.4) is 0 Å². The smallest absolute Gasteiger partial charge is 0.410 e. The summed E-state index contributed by atoms with van der Waals surface area (Å²) in [7, 11) is 0. The Morgan fingerprint density at radius 3 is 2.82 bits per heavy atom. The third kappa shape index (κ3) is 2.81. The van der Waals surface area contributed by atoms with Crippen LogP contribution < -0.4 is 0 Å². The van der Waals surface area contributed by atoms with Crippen LogP contribution in [0.1, 0.15) is 20.8 Å². The van der Waals surface area contributed by atoms with E-state index in [1.165, 1.54) is 0 Å². The van der Waals surface area contributed by atoms with Gasteiger partial charge in [0.25, 0.3) is 0 Å². The van der Waals surface area contributed by atoms with E-state index in [1.54, 1.807) is 4.90 Å². The zero-order valence-corrected chi connectivity index (χ0v) is 10.2. The van der Waals surface area contributed by atoms with E-state index < -0.39 is 5.60 Å². The topological polar surface area (TPSA) is 90.8 Å². The molecule has 2 aliphatic rings. The summed E-state index contributed by atoms with van der Waals surface area (Å²) >= 11 is 0. The molecule has 2 rings (SSSR count). The lowest BCUT2D eigenvalue weighted by Crippen LogP contribution is -2.47. The predicted octanol–water partition coefficient (Wildman–Crippen LogP) is 1.68. The van der Waals surface area contributed by atoms with E-state index in [-0.39, 0.29) is 24.3 Å². The third-order valence-corrected chi connectivity index (χ3v) is 2.66. The van der Waals surface area contributed by atoms with E-state index in [9.17, 15) is 4.79 Å². The normalized spacial score (nSPS) is 31.2. The molecule has 3 atom stereocenters. The predicted molar refractivity (Wildman–Crippen MR) is 59.4 cm³/mol. The second-order valence-electron chi connectivity index (χ2n) is 5.30. The summed E-state index contributed by atoms with van der Waals surface area (Å²) in [5.74, 6) is 0. The standard InChI is InChI=1S/C10H16N4O3/c1-10(2,3)17-9(15)14-4-6(12-13-11)8-7(5-14)16-8/h6-8H,4-5H2,1-3H3. The number of carbonyl (C=O) groups excluding carboxylic acids is 1. The van der Waals surface area contributed by atoms with Gasteiger partial charge in [0.1, 0.15) is 11.7 Å². The van der Waals surface area contributed by atoms with E-state index >= 15 is 0 Å². The molecule has 2 saturated heterocycles. The molecule has 0 aromatic heterocycles. The molecule has 2 aliphatic heterocycles. The number of rotatable bonds is 1. The molecule has 2 heterocycles. The molecule has 0 spiro atoms. The Balaban J connectivity index is 1.98. The van der Waals surface area contributed by atoms with Gasteiger partial charge in [0.15, 0.2) is 0 Å². The second-order valence-corrected chi connectivity index (χ2v) is 5.30. The number of hydrogen-bond donors (Lipinski definition) is 0. The fourth-order valence-corrected chi connectivity index (χ4v) is 1.91. The van der Waals surface area contributed by atoms with Gasteiger partial charge in [0.2, 0.25) is 0 Å². The van der Waals surface area contributed by atoms with E-state index in [1.807, 2.05) is 20.8 Å². The van der Waals surface area contributed by atoms with Gasteiger partial charge in [0, 0.05) is 11.5 Å². The van der Waals surface area contributed by atoms with Crippen molar-refractivity contribution >= 4 is 6.09 Å². The van der Waals surface area contributed by atoms with Crippen molar-refractivity contribution in [2.45, 2.75) is 44.6 Å². The highest BCUT2D eigenvalue weighted by atomic mass is 16.6. The molecule has 2 fully saturated rings. The van der Waals surface area contributed by atoms with Crippen molar-refractivity contribution in [3.63, 3.8) is 0 Å². The fourth-order valence-electron chi connectivity index (χ4n) is 1.91. The van der Waals surface area contributed by atoms with Crippen LogP contribution in [0.2, 0.25) is 0 Å². The highest BCUT2D eigenvalue weighted by Crippen LogP contribution is 2.33. The maximum absolute atomic E-state index is 11.8. The van der Waals surface area contributed by atoms with Gasteiger partial charge in [0.05, 0.1) is 18.7 Å². The Labute approximate surface area is 99.3 Å². The molecular formula is C10H16N4O3. The lowest BCUT2D eigenvalue weighted by molar-refractivity contribution is 0.0218. The number of fused-ring (bicyclic) bond motifs is 1. The number of azide groups is 1. The lowest BCUT2D eigenvalue weighted by Gasteiger charge is -2.30. The summed E-state index contributed by atoms with van der Waals surface area (Å²) in [5, 5.41) is 3.64. The van der Waals surface area contributed by atoms with Crippen LogP contribution in [-0.2, 0) is 9.47 Å². The van der Waals surface area contributed by atoms with Crippen molar-refractivity contribution in [2.75, 3.05) is 13.1 Å². The number of nitrogens with zero attached hydrogens (tertiary/aromatic N) is 4. The second kappa shape index (κ2) is 4.09. The van der Waals surface area contributed by atoms with Gasteiger partial charge in [-0.25, -0.2) is 4.79 Å². The van der Waals surface area contributed by atoms with Crippen LogP contribution in [0.25, 0.3) is 10.4 Å². The van der Waals surface area contributed by atoms with E-state index in [0.717, 1.165) is 0 Å². The number of likely N-dealkylation sites (tertiary alicyclic amines) is 1. The van der Waals surface area contributed by atoms with E-state index in [0.29, 0.717) is 13.1 Å². The van der Waals surface area contributed by atoms with Gasteiger partial charge < -0.3 is 14.4 Å². The molecule has 7 heteroatoms. The van der Waals surface area contributed by atoms with Gasteiger partial charge >= 0.3 is 6.09 Å². The number of hydrogen-bond acceptors (Lipinski definition) is 4. The maximum atomic E-state index is 11.8. The largest absolute Gasteiger partial charge is 0.444 e. The van der Waals surface area contributed by atoms with Gasteiger partial charge in [-0.1, -0.05) is 5.11 Å². The van der Waals surface area contributed by atoms with Gasteiger partial charge in [-0.3, -0.25) is 0 Å². The Kier molecular flexibility index (Phi) is 2.89. The zero-order chi connectivity index (χ0) is 12.6. The average molecular weight is 240 g/mol. The molecule has 0 aromatic rings. The Hall–Kier alpha value is -1.46. The summed E-state index contributed by atoms with van der Waals surface area (Å²) in [5.41, 5.74) is 7.91. The third-order valence-electron chi connectivity index (χ3n) is 2.66. The molecule has 0 bridgehead atoms. The van der Waals surface area contributed by atoms with Crippen molar-refractivity contribution in [1.82, 2.24) is 4.90 Å². The first kappa shape index (κ1) is 12.0. The summed E-state index contributed by atoms with van der Waals surface area (Å²) in [6.07, 6.45) is -0.416. The average Bonchev–Trinajstić information content (AvgIpc) is 2.94. The van der Waals surface area contributed by atoms with Crippen LogP contribution in [0, 0.1) is 0 Å². The highest BCUT2D eigenvalue weighted by Gasteiger charge is 2.51. The van der Waals surface area contributed by atoms with Crippen LogP contribution in [0.15, 0.2) is 5.11 Å². The van der Waals surface area contributed by atoms with E-state index in [4.69, 9.17) is 15.0 Å². The molecule has 0 saturated carbocycles. The van der Waals surface area contributed by atoms with E-state index in [2.05, 4.69) is 10.0 Å². The highest BCUT2D eigenvalue weighted by molar-refractivity contribution is 5.68. The number of epoxide rings is 1. The zero-order valence-electron chi connectivity index (χ0n) is 10.2. The summed E-state index contributed by atoms with van der Waals surface area (Å²) in [6, 6.07) is -0.300. The summed E-state index contributed by atoms with van der Waals surface area (Å²) < 4.78 is 10.6. The lowest BCUT2D eigenvalue weighted by atomic mass is 10.1. The summed E-state index contributed by atoms with van der Waals surface area (Å²) in [4.78, 5) is 16.2. The van der Waals surface area contributed by atoms with Crippen molar-refractivity contribution in [1.29, 1.82) is 0 Å². The molecule has 0 N–H and O–H groups in total. The number of carbonyl (C=O) groups is 1. The molecule has 7 nitrogen and oxygen atoms in total. The minimum Gasteiger partial charge on any atom is -0.444 e.